The number of aryl methyl sites for hydroxylation is 2. The lowest BCUT2D eigenvalue weighted by molar-refractivity contribution is 0.300. The fraction of sp³-hybridized carbons (Fsp3) is 0.364. The molecule has 2 N–H and O–H groups in total. The molecule has 0 saturated carbocycles. The van der Waals surface area contributed by atoms with Crippen LogP contribution in [-0.4, -0.2) is 33.1 Å². The van der Waals surface area contributed by atoms with Gasteiger partial charge in [0.05, 0.1) is 11.0 Å². The molecule has 140 valence electrons. The summed E-state index contributed by atoms with van der Waals surface area (Å²) in [6.45, 7) is 6.98. The maximum atomic E-state index is 5.66. The smallest absolute Gasteiger partial charge is 0.169 e. The van der Waals surface area contributed by atoms with E-state index in [0.717, 1.165) is 54.4 Å². The Kier molecular flexibility index (Phi) is 5.12. The van der Waals surface area contributed by atoms with Crippen molar-refractivity contribution in [3.05, 3.63) is 65.0 Å². The predicted molar refractivity (Wildman–Crippen MR) is 115 cm³/mol. The second-order valence-corrected chi connectivity index (χ2v) is 7.89. The van der Waals surface area contributed by atoms with E-state index in [1.807, 2.05) is 6.07 Å². The molecule has 0 spiro atoms. The summed E-state index contributed by atoms with van der Waals surface area (Å²) in [6.07, 6.45) is 2.28. The lowest BCUT2D eigenvalue weighted by Crippen LogP contribution is -2.44. The van der Waals surface area contributed by atoms with Crippen LogP contribution in [0.4, 0.5) is 0 Å². The van der Waals surface area contributed by atoms with Crippen LogP contribution in [0.2, 0.25) is 0 Å². The second-order valence-electron chi connectivity index (χ2n) is 7.51. The molecule has 0 bridgehead atoms. The predicted octanol–water partition coefficient (Wildman–Crippen LogP) is 4.43. The fourth-order valence-electron chi connectivity index (χ4n) is 3.75. The van der Waals surface area contributed by atoms with Gasteiger partial charge in [-0.1, -0.05) is 30.3 Å². The zero-order valence-electron chi connectivity index (χ0n) is 16.0. The third-order valence-electron chi connectivity index (χ3n) is 5.50. The maximum absolute atomic E-state index is 5.66. The van der Waals surface area contributed by atoms with Crippen molar-refractivity contribution in [2.24, 2.45) is 0 Å². The molecule has 1 aromatic heterocycles. The third-order valence-corrected chi connectivity index (χ3v) is 5.90. The van der Waals surface area contributed by atoms with Crippen molar-refractivity contribution in [3.63, 3.8) is 0 Å². The quantitative estimate of drug-likeness (QED) is 0.662. The van der Waals surface area contributed by atoms with Crippen molar-refractivity contribution in [3.8, 4) is 0 Å². The lowest BCUT2D eigenvalue weighted by Gasteiger charge is -2.33. The Morgan fingerprint density at radius 1 is 1.22 bits per heavy atom. The molecule has 3 aromatic rings. The number of thiocarbonyl (C=S) groups is 1. The largest absolute Gasteiger partial charge is 0.358 e. The summed E-state index contributed by atoms with van der Waals surface area (Å²) >= 11 is 5.66. The SMILES string of the molecule is Cc1cc2nc([C@H]3CCCN(C(=S)NCc4ccccc4)C3)[nH]c2cc1C. The Morgan fingerprint density at radius 2 is 2.00 bits per heavy atom. The number of fused-ring (bicyclic) bond motifs is 1. The summed E-state index contributed by atoms with van der Waals surface area (Å²) in [5.74, 6) is 1.48. The number of nitrogens with zero attached hydrogens (tertiary/aromatic N) is 2. The summed E-state index contributed by atoms with van der Waals surface area (Å²) in [5.41, 5.74) is 6.04. The summed E-state index contributed by atoms with van der Waals surface area (Å²) < 4.78 is 0. The van der Waals surface area contributed by atoms with Crippen molar-refractivity contribution in [2.45, 2.75) is 39.2 Å². The average Bonchev–Trinajstić information content (AvgIpc) is 3.10. The van der Waals surface area contributed by atoms with E-state index in [9.17, 15) is 0 Å². The summed E-state index contributed by atoms with van der Waals surface area (Å²) in [5, 5.41) is 4.25. The van der Waals surface area contributed by atoms with Crippen LogP contribution in [0.15, 0.2) is 42.5 Å². The molecule has 1 aliphatic rings. The van der Waals surface area contributed by atoms with Gasteiger partial charge in [-0.15, -0.1) is 0 Å². The van der Waals surface area contributed by atoms with Gasteiger partial charge in [0, 0.05) is 25.6 Å². The van der Waals surface area contributed by atoms with Crippen LogP contribution in [0.1, 0.15) is 41.3 Å². The first kappa shape index (κ1) is 18.0. The molecular formula is C22H26N4S. The van der Waals surface area contributed by atoms with Crippen molar-refractivity contribution in [1.29, 1.82) is 0 Å². The van der Waals surface area contributed by atoms with Crippen molar-refractivity contribution in [1.82, 2.24) is 20.2 Å². The van der Waals surface area contributed by atoms with E-state index >= 15 is 0 Å². The Bertz CT molecular complexity index is 909. The average molecular weight is 379 g/mol. The molecule has 1 atom stereocenters. The Balaban J connectivity index is 1.44. The molecule has 5 heteroatoms. The first-order valence-electron chi connectivity index (χ1n) is 9.64. The highest BCUT2D eigenvalue weighted by Gasteiger charge is 2.25. The minimum Gasteiger partial charge on any atom is -0.358 e. The van der Waals surface area contributed by atoms with Crippen LogP contribution in [-0.2, 0) is 6.54 Å². The van der Waals surface area contributed by atoms with Crippen LogP contribution in [0, 0.1) is 13.8 Å². The number of H-pyrrole nitrogens is 1. The summed E-state index contributed by atoms with van der Waals surface area (Å²) in [4.78, 5) is 10.7. The molecular weight excluding hydrogens is 352 g/mol. The van der Waals surface area contributed by atoms with Gasteiger partial charge in [0.15, 0.2) is 5.11 Å². The molecule has 1 saturated heterocycles. The number of piperidine rings is 1. The highest BCUT2D eigenvalue weighted by molar-refractivity contribution is 7.80. The number of hydrogen-bond acceptors (Lipinski definition) is 2. The van der Waals surface area contributed by atoms with E-state index in [2.05, 4.69) is 65.4 Å². The minimum atomic E-state index is 0.392. The normalized spacial score (nSPS) is 17.3. The number of aromatic nitrogens is 2. The van der Waals surface area contributed by atoms with Crippen LogP contribution < -0.4 is 5.32 Å². The van der Waals surface area contributed by atoms with Gasteiger partial charge < -0.3 is 15.2 Å². The number of rotatable bonds is 3. The summed E-state index contributed by atoms with van der Waals surface area (Å²) in [7, 11) is 0. The molecule has 0 aliphatic carbocycles. The van der Waals surface area contributed by atoms with Crippen LogP contribution in [0.5, 0.6) is 0 Å². The number of aromatic amines is 1. The first-order valence-corrected chi connectivity index (χ1v) is 10.0. The van der Waals surface area contributed by atoms with Crippen LogP contribution in [0.25, 0.3) is 11.0 Å². The molecule has 4 nitrogen and oxygen atoms in total. The van der Waals surface area contributed by atoms with Crippen LogP contribution >= 0.6 is 12.2 Å². The van der Waals surface area contributed by atoms with E-state index in [4.69, 9.17) is 17.2 Å². The molecule has 1 aliphatic heterocycles. The number of benzene rings is 2. The number of nitrogens with one attached hydrogen (secondary N) is 2. The van der Waals surface area contributed by atoms with E-state index in [1.54, 1.807) is 0 Å². The number of likely N-dealkylation sites (tertiary alicyclic amines) is 1. The molecule has 2 heterocycles. The highest BCUT2D eigenvalue weighted by Crippen LogP contribution is 2.27. The number of imidazole rings is 1. The first-order chi connectivity index (χ1) is 13.1. The Hall–Kier alpha value is -2.40. The van der Waals surface area contributed by atoms with Crippen molar-refractivity contribution in [2.75, 3.05) is 13.1 Å². The topological polar surface area (TPSA) is 44.0 Å². The molecule has 1 fully saturated rings. The molecule has 27 heavy (non-hydrogen) atoms. The zero-order chi connectivity index (χ0) is 18.8. The van der Waals surface area contributed by atoms with Crippen LogP contribution in [0.3, 0.4) is 0 Å². The van der Waals surface area contributed by atoms with Crippen molar-refractivity contribution < 1.29 is 0 Å². The van der Waals surface area contributed by atoms with E-state index in [0.29, 0.717) is 5.92 Å². The van der Waals surface area contributed by atoms with Gasteiger partial charge in [-0.25, -0.2) is 4.98 Å². The second kappa shape index (κ2) is 7.69. The van der Waals surface area contributed by atoms with Gasteiger partial charge in [0.2, 0.25) is 0 Å². The van der Waals surface area contributed by atoms with Crippen molar-refractivity contribution >= 4 is 28.4 Å². The third kappa shape index (κ3) is 3.98. The Labute approximate surface area is 166 Å². The van der Waals surface area contributed by atoms with Gasteiger partial charge in [0.25, 0.3) is 0 Å². The maximum Gasteiger partial charge on any atom is 0.169 e. The van der Waals surface area contributed by atoms with Gasteiger partial charge in [-0.2, -0.15) is 0 Å². The monoisotopic (exact) mass is 378 g/mol. The van der Waals surface area contributed by atoms with Gasteiger partial charge in [0.1, 0.15) is 5.82 Å². The Morgan fingerprint density at radius 3 is 2.81 bits per heavy atom. The fourth-order valence-corrected chi connectivity index (χ4v) is 3.99. The van der Waals surface area contributed by atoms with Gasteiger partial charge in [-0.3, -0.25) is 0 Å². The number of hydrogen-bond donors (Lipinski definition) is 2. The molecule has 4 rings (SSSR count). The van der Waals surface area contributed by atoms with Gasteiger partial charge >= 0.3 is 0 Å². The van der Waals surface area contributed by atoms with Gasteiger partial charge in [-0.05, 0) is 67.7 Å². The minimum absolute atomic E-state index is 0.392. The standard InChI is InChI=1S/C22H26N4S/c1-15-11-19-20(12-16(15)2)25-21(24-19)18-9-6-10-26(14-18)22(27)23-13-17-7-4-3-5-8-17/h3-5,7-8,11-12,18H,6,9-10,13-14H2,1-2H3,(H,23,27)(H,24,25)/t18-/m0/s1. The lowest BCUT2D eigenvalue weighted by atomic mass is 9.98. The highest BCUT2D eigenvalue weighted by atomic mass is 32.1. The molecule has 2 aromatic carbocycles. The zero-order valence-corrected chi connectivity index (χ0v) is 16.8. The summed E-state index contributed by atoms with van der Waals surface area (Å²) in [6, 6.07) is 14.8. The molecule has 0 unspecified atom stereocenters. The molecule has 0 amide bonds. The molecule has 0 radical (unpaired) electrons. The van der Waals surface area contributed by atoms with E-state index in [1.165, 1.54) is 16.7 Å². The van der Waals surface area contributed by atoms with E-state index < -0.39 is 0 Å². The van der Waals surface area contributed by atoms with E-state index in [-0.39, 0.29) is 0 Å².